The van der Waals surface area contributed by atoms with E-state index in [9.17, 15) is 9.59 Å². The van der Waals surface area contributed by atoms with E-state index < -0.39 is 6.09 Å². The molecule has 0 saturated carbocycles. The van der Waals surface area contributed by atoms with Gasteiger partial charge in [-0.05, 0) is 43.3 Å². The van der Waals surface area contributed by atoms with Crippen molar-refractivity contribution < 1.29 is 14.3 Å². The number of amides is 2. The Kier molecular flexibility index (Phi) is 5.51. The number of hydrogen-bond donors (Lipinski definition) is 2. The summed E-state index contributed by atoms with van der Waals surface area (Å²) in [4.78, 5) is 27.9. The van der Waals surface area contributed by atoms with Crippen LogP contribution in [0.15, 0.2) is 60.8 Å². The maximum atomic E-state index is 12.4. The first-order chi connectivity index (χ1) is 13.1. The summed E-state index contributed by atoms with van der Waals surface area (Å²) in [6.45, 7) is 2.27. The number of imidazole rings is 1. The highest BCUT2D eigenvalue weighted by Crippen LogP contribution is 2.15. The average Bonchev–Trinajstić information content (AvgIpc) is 3.07. The molecule has 3 aromatic rings. The predicted molar refractivity (Wildman–Crippen MR) is 102 cm³/mol. The fraction of sp³-hybridized carbons (Fsp3) is 0.150. The van der Waals surface area contributed by atoms with Crippen molar-refractivity contribution in [2.45, 2.75) is 13.5 Å². The number of nitrogens with one attached hydrogen (secondary N) is 2. The van der Waals surface area contributed by atoms with Gasteiger partial charge in [-0.15, -0.1) is 0 Å². The Morgan fingerprint density at radius 1 is 1.07 bits per heavy atom. The molecule has 0 aliphatic rings. The lowest BCUT2D eigenvalue weighted by molar-refractivity contribution is 0.0950. The molecular weight excluding hydrogens is 344 g/mol. The lowest BCUT2D eigenvalue weighted by Crippen LogP contribution is -2.24. The molecule has 0 radical (unpaired) electrons. The van der Waals surface area contributed by atoms with Gasteiger partial charge < -0.3 is 10.1 Å². The van der Waals surface area contributed by atoms with Crippen molar-refractivity contribution in [3.8, 4) is 5.69 Å². The largest absolute Gasteiger partial charge is 0.453 e. The minimum Gasteiger partial charge on any atom is -0.453 e. The molecule has 7 heteroatoms. The topological polar surface area (TPSA) is 85.2 Å². The summed E-state index contributed by atoms with van der Waals surface area (Å²) in [5, 5.41) is 5.44. The molecule has 2 amide bonds. The third kappa shape index (κ3) is 4.33. The number of anilines is 1. The molecular formula is C20H20N4O3. The Labute approximate surface area is 157 Å². The highest BCUT2D eigenvalue weighted by molar-refractivity contribution is 5.95. The molecule has 0 bridgehead atoms. The van der Waals surface area contributed by atoms with Gasteiger partial charge in [-0.1, -0.05) is 18.2 Å². The number of para-hydroxylation sites is 1. The van der Waals surface area contributed by atoms with Crippen molar-refractivity contribution in [1.29, 1.82) is 0 Å². The van der Waals surface area contributed by atoms with E-state index in [-0.39, 0.29) is 5.91 Å². The van der Waals surface area contributed by atoms with Crippen molar-refractivity contribution in [2.75, 3.05) is 12.4 Å². The van der Waals surface area contributed by atoms with Crippen molar-refractivity contribution in [2.24, 2.45) is 0 Å². The summed E-state index contributed by atoms with van der Waals surface area (Å²) in [5.74, 6) is 0.641. The zero-order valence-corrected chi connectivity index (χ0v) is 15.1. The zero-order valence-electron chi connectivity index (χ0n) is 15.1. The summed E-state index contributed by atoms with van der Waals surface area (Å²) >= 11 is 0. The van der Waals surface area contributed by atoms with Gasteiger partial charge >= 0.3 is 6.09 Å². The van der Waals surface area contributed by atoms with E-state index in [0.29, 0.717) is 17.8 Å². The molecule has 0 atom stereocenters. The normalized spacial score (nSPS) is 10.3. The van der Waals surface area contributed by atoms with Crippen molar-refractivity contribution >= 4 is 17.7 Å². The Morgan fingerprint density at radius 2 is 1.78 bits per heavy atom. The Balaban J connectivity index is 1.67. The average molecular weight is 364 g/mol. The number of rotatable bonds is 5. The molecule has 1 heterocycles. The SMILES string of the molecule is COC(=O)Nc1ccc(C(=O)NCc2cnc(C)n2-c2ccccc2)cc1. The van der Waals surface area contributed by atoms with E-state index in [0.717, 1.165) is 17.2 Å². The summed E-state index contributed by atoms with van der Waals surface area (Å²) in [7, 11) is 1.29. The molecule has 1 aromatic heterocycles. The van der Waals surface area contributed by atoms with Gasteiger partial charge in [-0.25, -0.2) is 9.78 Å². The van der Waals surface area contributed by atoms with Crippen LogP contribution in [0.2, 0.25) is 0 Å². The third-order valence-corrected chi connectivity index (χ3v) is 4.03. The number of nitrogens with zero attached hydrogens (tertiary/aromatic N) is 2. The molecule has 0 saturated heterocycles. The fourth-order valence-corrected chi connectivity index (χ4v) is 2.69. The first-order valence-electron chi connectivity index (χ1n) is 8.40. The number of methoxy groups -OCH3 is 1. The minimum atomic E-state index is -0.559. The molecule has 3 rings (SSSR count). The van der Waals surface area contributed by atoms with E-state index in [1.54, 1.807) is 30.5 Å². The number of hydrogen-bond acceptors (Lipinski definition) is 4. The fourth-order valence-electron chi connectivity index (χ4n) is 2.69. The molecule has 2 N–H and O–H groups in total. The zero-order chi connectivity index (χ0) is 19.2. The molecule has 27 heavy (non-hydrogen) atoms. The maximum absolute atomic E-state index is 12.4. The summed E-state index contributed by atoms with van der Waals surface area (Å²) in [6.07, 6.45) is 1.20. The standard InChI is InChI=1S/C20H20N4O3/c1-14-21-12-18(24(14)17-6-4-3-5-7-17)13-22-19(25)15-8-10-16(11-9-15)23-20(26)27-2/h3-12H,13H2,1-2H3,(H,22,25)(H,23,26). The predicted octanol–water partition coefficient (Wildman–Crippen LogP) is 3.29. The van der Waals surface area contributed by atoms with Gasteiger partial charge in [0.1, 0.15) is 5.82 Å². The lowest BCUT2D eigenvalue weighted by atomic mass is 10.2. The van der Waals surface area contributed by atoms with Gasteiger partial charge in [-0.2, -0.15) is 0 Å². The van der Waals surface area contributed by atoms with Crippen LogP contribution in [0.1, 0.15) is 21.9 Å². The second-order valence-electron chi connectivity index (χ2n) is 5.84. The molecule has 0 aliphatic carbocycles. The number of benzene rings is 2. The van der Waals surface area contributed by atoms with Crippen LogP contribution in [0.25, 0.3) is 5.69 Å². The smallest absolute Gasteiger partial charge is 0.411 e. The summed E-state index contributed by atoms with van der Waals surface area (Å²) < 4.78 is 6.54. The molecule has 2 aromatic carbocycles. The minimum absolute atomic E-state index is 0.210. The van der Waals surface area contributed by atoms with Gasteiger partial charge in [0.25, 0.3) is 5.91 Å². The van der Waals surface area contributed by atoms with Gasteiger partial charge in [0.2, 0.25) is 0 Å². The van der Waals surface area contributed by atoms with Gasteiger partial charge in [0, 0.05) is 16.9 Å². The molecule has 0 aliphatic heterocycles. The van der Waals surface area contributed by atoms with E-state index in [1.165, 1.54) is 7.11 Å². The van der Waals surface area contributed by atoms with E-state index in [1.807, 2.05) is 41.8 Å². The molecule has 0 spiro atoms. The Morgan fingerprint density at radius 3 is 2.44 bits per heavy atom. The van der Waals surface area contributed by atoms with Crippen LogP contribution in [-0.2, 0) is 11.3 Å². The molecule has 7 nitrogen and oxygen atoms in total. The Hall–Kier alpha value is -3.61. The first-order valence-corrected chi connectivity index (χ1v) is 8.40. The van der Waals surface area contributed by atoms with Gasteiger partial charge in [-0.3, -0.25) is 14.7 Å². The van der Waals surface area contributed by atoms with Crippen LogP contribution in [0, 0.1) is 6.92 Å². The quantitative estimate of drug-likeness (QED) is 0.727. The first kappa shape index (κ1) is 18.2. The number of aryl methyl sites for hydroxylation is 1. The van der Waals surface area contributed by atoms with E-state index >= 15 is 0 Å². The second kappa shape index (κ2) is 8.18. The highest BCUT2D eigenvalue weighted by atomic mass is 16.5. The second-order valence-corrected chi connectivity index (χ2v) is 5.84. The van der Waals surface area contributed by atoms with Crippen LogP contribution < -0.4 is 10.6 Å². The lowest BCUT2D eigenvalue weighted by Gasteiger charge is -2.11. The summed E-state index contributed by atoms with van der Waals surface area (Å²) in [6, 6.07) is 16.4. The number of carbonyl (C=O) groups is 2. The Bertz CT molecular complexity index is 934. The monoisotopic (exact) mass is 364 g/mol. The molecule has 0 unspecified atom stereocenters. The molecule has 138 valence electrons. The van der Waals surface area contributed by atoms with E-state index in [2.05, 4.69) is 20.4 Å². The van der Waals surface area contributed by atoms with Crippen molar-refractivity contribution in [3.63, 3.8) is 0 Å². The number of carbonyl (C=O) groups excluding carboxylic acids is 2. The van der Waals surface area contributed by atoms with Gasteiger partial charge in [0.15, 0.2) is 0 Å². The summed E-state index contributed by atoms with van der Waals surface area (Å²) in [5.41, 5.74) is 2.93. The third-order valence-electron chi connectivity index (χ3n) is 4.03. The van der Waals surface area contributed by atoms with Crippen molar-refractivity contribution in [3.05, 3.63) is 77.9 Å². The number of ether oxygens (including phenoxy) is 1. The van der Waals surface area contributed by atoms with Gasteiger partial charge in [0.05, 0.1) is 25.5 Å². The number of aromatic nitrogens is 2. The van der Waals surface area contributed by atoms with Crippen LogP contribution in [-0.4, -0.2) is 28.7 Å². The highest BCUT2D eigenvalue weighted by Gasteiger charge is 2.11. The van der Waals surface area contributed by atoms with E-state index in [4.69, 9.17) is 0 Å². The van der Waals surface area contributed by atoms with Crippen LogP contribution in [0.4, 0.5) is 10.5 Å². The van der Waals surface area contributed by atoms with Crippen LogP contribution in [0.5, 0.6) is 0 Å². The van der Waals surface area contributed by atoms with Crippen molar-refractivity contribution in [1.82, 2.24) is 14.9 Å². The maximum Gasteiger partial charge on any atom is 0.411 e. The van der Waals surface area contributed by atoms with Crippen LogP contribution in [0.3, 0.4) is 0 Å². The van der Waals surface area contributed by atoms with Crippen LogP contribution >= 0.6 is 0 Å². The molecule has 0 fully saturated rings.